The Labute approximate surface area is 116 Å². The fourth-order valence-electron chi connectivity index (χ4n) is 2.15. The SMILES string of the molecule is CC(C)CC(=O)N1CCSC1c1ccc(F)cc1F. The molecule has 104 valence electrons. The first-order chi connectivity index (χ1) is 8.99. The second-order valence-electron chi connectivity index (χ2n) is 5.07. The summed E-state index contributed by atoms with van der Waals surface area (Å²) in [7, 11) is 0. The second-order valence-corrected chi connectivity index (χ2v) is 6.26. The van der Waals surface area contributed by atoms with E-state index in [4.69, 9.17) is 0 Å². The maximum atomic E-state index is 13.8. The topological polar surface area (TPSA) is 20.3 Å². The first-order valence-corrected chi connectivity index (χ1v) is 7.40. The Balaban J connectivity index is 2.20. The molecule has 1 unspecified atom stereocenters. The quantitative estimate of drug-likeness (QED) is 0.846. The van der Waals surface area contributed by atoms with E-state index in [2.05, 4.69) is 0 Å². The Bertz CT molecular complexity index is 479. The molecule has 0 saturated carbocycles. The van der Waals surface area contributed by atoms with Crippen LogP contribution in [-0.4, -0.2) is 23.1 Å². The van der Waals surface area contributed by atoms with Crippen LogP contribution < -0.4 is 0 Å². The molecular formula is C14H17F2NOS. The summed E-state index contributed by atoms with van der Waals surface area (Å²) in [6.45, 7) is 4.58. The minimum Gasteiger partial charge on any atom is -0.326 e. The van der Waals surface area contributed by atoms with E-state index >= 15 is 0 Å². The fraction of sp³-hybridized carbons (Fsp3) is 0.500. The van der Waals surface area contributed by atoms with Gasteiger partial charge in [-0.15, -0.1) is 11.8 Å². The van der Waals surface area contributed by atoms with Crippen molar-refractivity contribution in [2.24, 2.45) is 5.92 Å². The summed E-state index contributed by atoms with van der Waals surface area (Å²) in [5.41, 5.74) is 0.390. The lowest BCUT2D eigenvalue weighted by Gasteiger charge is -2.25. The average molecular weight is 285 g/mol. The molecule has 0 aromatic heterocycles. The van der Waals surface area contributed by atoms with Gasteiger partial charge in [0.25, 0.3) is 0 Å². The third-order valence-corrected chi connectivity index (χ3v) is 4.27. The van der Waals surface area contributed by atoms with Gasteiger partial charge in [-0.25, -0.2) is 8.78 Å². The van der Waals surface area contributed by atoms with Crippen molar-refractivity contribution in [2.45, 2.75) is 25.6 Å². The Morgan fingerprint density at radius 2 is 2.21 bits per heavy atom. The van der Waals surface area contributed by atoms with Crippen molar-refractivity contribution < 1.29 is 13.6 Å². The molecule has 0 bridgehead atoms. The van der Waals surface area contributed by atoms with Crippen LogP contribution in [0.15, 0.2) is 18.2 Å². The first kappa shape index (κ1) is 14.3. The number of benzene rings is 1. The number of halogens is 2. The summed E-state index contributed by atoms with van der Waals surface area (Å²) < 4.78 is 26.7. The number of thioether (sulfide) groups is 1. The monoisotopic (exact) mass is 285 g/mol. The van der Waals surface area contributed by atoms with Crippen LogP contribution in [0.3, 0.4) is 0 Å². The van der Waals surface area contributed by atoms with Gasteiger partial charge in [0.05, 0.1) is 0 Å². The third kappa shape index (κ3) is 3.26. The smallest absolute Gasteiger partial charge is 0.224 e. The van der Waals surface area contributed by atoms with E-state index in [1.807, 2.05) is 13.8 Å². The van der Waals surface area contributed by atoms with E-state index in [1.54, 1.807) is 4.90 Å². The van der Waals surface area contributed by atoms with Gasteiger partial charge in [-0.1, -0.05) is 19.9 Å². The van der Waals surface area contributed by atoms with E-state index in [0.717, 1.165) is 11.8 Å². The molecular weight excluding hydrogens is 268 g/mol. The van der Waals surface area contributed by atoms with Gasteiger partial charge < -0.3 is 4.90 Å². The number of hydrogen-bond acceptors (Lipinski definition) is 2. The molecule has 0 radical (unpaired) electrons. The summed E-state index contributed by atoms with van der Waals surface area (Å²) >= 11 is 1.52. The van der Waals surface area contributed by atoms with Gasteiger partial charge in [-0.3, -0.25) is 4.79 Å². The zero-order chi connectivity index (χ0) is 14.0. The molecule has 0 spiro atoms. The highest BCUT2D eigenvalue weighted by molar-refractivity contribution is 7.99. The van der Waals surface area contributed by atoms with Gasteiger partial charge in [0.2, 0.25) is 5.91 Å². The molecule has 19 heavy (non-hydrogen) atoms. The molecule has 1 fully saturated rings. The van der Waals surface area contributed by atoms with Gasteiger partial charge in [0.1, 0.15) is 17.0 Å². The number of hydrogen-bond donors (Lipinski definition) is 0. The molecule has 1 heterocycles. The van der Waals surface area contributed by atoms with Gasteiger partial charge in [-0.2, -0.15) is 0 Å². The van der Waals surface area contributed by atoms with Crippen molar-refractivity contribution >= 4 is 17.7 Å². The molecule has 1 aromatic rings. The van der Waals surface area contributed by atoms with Crippen LogP contribution in [0.5, 0.6) is 0 Å². The Hall–Kier alpha value is -1.10. The van der Waals surface area contributed by atoms with E-state index < -0.39 is 11.6 Å². The van der Waals surface area contributed by atoms with Crippen molar-refractivity contribution in [3.8, 4) is 0 Å². The molecule has 1 aliphatic heterocycles. The van der Waals surface area contributed by atoms with Gasteiger partial charge in [-0.05, 0) is 12.0 Å². The summed E-state index contributed by atoms with van der Waals surface area (Å²) in [6, 6.07) is 3.55. The van der Waals surface area contributed by atoms with Crippen LogP contribution in [0.2, 0.25) is 0 Å². The molecule has 1 saturated heterocycles. The largest absolute Gasteiger partial charge is 0.326 e. The maximum absolute atomic E-state index is 13.8. The number of rotatable bonds is 3. The predicted molar refractivity (Wildman–Crippen MR) is 72.7 cm³/mol. The lowest BCUT2D eigenvalue weighted by Crippen LogP contribution is -2.31. The third-order valence-electron chi connectivity index (χ3n) is 3.02. The molecule has 1 aromatic carbocycles. The number of carbonyl (C=O) groups excluding carboxylic acids is 1. The zero-order valence-corrected chi connectivity index (χ0v) is 11.8. The van der Waals surface area contributed by atoms with Crippen LogP contribution in [-0.2, 0) is 4.79 Å². The number of amides is 1. The number of nitrogens with zero attached hydrogens (tertiary/aromatic N) is 1. The van der Waals surface area contributed by atoms with Crippen LogP contribution >= 0.6 is 11.8 Å². The molecule has 2 nitrogen and oxygen atoms in total. The van der Waals surface area contributed by atoms with Crippen LogP contribution in [0.25, 0.3) is 0 Å². The van der Waals surface area contributed by atoms with Gasteiger partial charge in [0.15, 0.2) is 0 Å². The molecule has 2 rings (SSSR count). The predicted octanol–water partition coefficient (Wildman–Crippen LogP) is 3.58. The highest BCUT2D eigenvalue weighted by Gasteiger charge is 2.32. The summed E-state index contributed by atoms with van der Waals surface area (Å²) in [4.78, 5) is 13.8. The molecule has 0 N–H and O–H groups in total. The second kappa shape index (κ2) is 5.90. The summed E-state index contributed by atoms with van der Waals surface area (Å²) in [5.74, 6) is -0.0812. The van der Waals surface area contributed by atoms with Gasteiger partial charge in [0, 0.05) is 30.3 Å². The lowest BCUT2D eigenvalue weighted by atomic mass is 10.1. The van der Waals surface area contributed by atoms with Crippen molar-refractivity contribution in [1.29, 1.82) is 0 Å². The molecule has 1 atom stereocenters. The van der Waals surface area contributed by atoms with Crippen LogP contribution in [0.1, 0.15) is 31.2 Å². The minimum absolute atomic E-state index is 0.0359. The summed E-state index contributed by atoms with van der Waals surface area (Å²) in [5, 5.41) is -0.327. The Morgan fingerprint density at radius 3 is 2.84 bits per heavy atom. The first-order valence-electron chi connectivity index (χ1n) is 6.35. The molecule has 1 aliphatic rings. The molecule has 1 amide bonds. The van der Waals surface area contributed by atoms with Gasteiger partial charge >= 0.3 is 0 Å². The Morgan fingerprint density at radius 1 is 1.47 bits per heavy atom. The van der Waals surface area contributed by atoms with Crippen molar-refractivity contribution in [3.63, 3.8) is 0 Å². The highest BCUT2D eigenvalue weighted by atomic mass is 32.2. The summed E-state index contributed by atoms with van der Waals surface area (Å²) in [6.07, 6.45) is 0.458. The minimum atomic E-state index is -0.593. The normalized spacial score (nSPS) is 19.2. The van der Waals surface area contributed by atoms with E-state index in [-0.39, 0.29) is 17.2 Å². The number of carbonyl (C=O) groups is 1. The average Bonchev–Trinajstić information content (AvgIpc) is 2.76. The van der Waals surface area contributed by atoms with Crippen molar-refractivity contribution in [1.82, 2.24) is 4.90 Å². The van der Waals surface area contributed by atoms with Crippen LogP contribution in [0, 0.1) is 17.6 Å². The molecule has 5 heteroatoms. The van der Waals surface area contributed by atoms with E-state index in [1.165, 1.54) is 23.9 Å². The lowest BCUT2D eigenvalue weighted by molar-refractivity contribution is -0.132. The zero-order valence-electron chi connectivity index (χ0n) is 11.0. The van der Waals surface area contributed by atoms with Crippen molar-refractivity contribution in [2.75, 3.05) is 12.3 Å². The fourth-order valence-corrected chi connectivity index (χ4v) is 3.45. The van der Waals surface area contributed by atoms with E-state index in [0.29, 0.717) is 18.5 Å². The highest BCUT2D eigenvalue weighted by Crippen LogP contribution is 2.39. The van der Waals surface area contributed by atoms with Crippen molar-refractivity contribution in [3.05, 3.63) is 35.4 Å². The molecule has 0 aliphatic carbocycles. The van der Waals surface area contributed by atoms with Crippen LogP contribution in [0.4, 0.5) is 8.78 Å². The Kier molecular flexibility index (Phi) is 4.45. The standard InChI is InChI=1S/C14H17F2NOS/c1-9(2)7-13(18)17-5-6-19-14(17)11-4-3-10(15)8-12(11)16/h3-4,8-9,14H,5-7H2,1-2H3. The van der Waals surface area contributed by atoms with E-state index in [9.17, 15) is 13.6 Å². The maximum Gasteiger partial charge on any atom is 0.224 e.